The van der Waals surface area contributed by atoms with E-state index in [4.69, 9.17) is 17.0 Å². The molecule has 0 aliphatic carbocycles. The highest BCUT2D eigenvalue weighted by molar-refractivity contribution is 7.80. The molecule has 3 nitrogen and oxygen atoms in total. The number of carbonyl (C=O) groups excluding carboxylic acids is 1. The van der Waals surface area contributed by atoms with Crippen molar-refractivity contribution < 1.29 is 9.53 Å². The summed E-state index contributed by atoms with van der Waals surface area (Å²) in [6, 6.07) is 0. The predicted molar refractivity (Wildman–Crippen MR) is 186 cm³/mol. The van der Waals surface area contributed by atoms with Crippen LogP contribution < -0.4 is 5.32 Å². The standard InChI is InChI=1S/C37H71NO2S/c1-4-6-8-10-12-14-16-18-19-21-22-24-26-28-30-32-36(39)38-34-35(3)40-37(41)33-31-29-27-25-23-20-17-15-13-11-9-7-5-2/h18-19,35H,4-17,20-34H2,1-3H3,(H,38,39). The van der Waals surface area contributed by atoms with Gasteiger partial charge in [-0.2, -0.15) is 0 Å². The van der Waals surface area contributed by atoms with Gasteiger partial charge in [0, 0.05) is 12.8 Å². The lowest BCUT2D eigenvalue weighted by Crippen LogP contribution is -2.32. The van der Waals surface area contributed by atoms with Gasteiger partial charge < -0.3 is 10.1 Å². The SMILES string of the molecule is CCCCCCCCC=CCCCCCCCC(=O)NCC(C)OC(=S)CCCCCCCCCCCCCCC. The minimum Gasteiger partial charge on any atom is -0.482 e. The first-order valence-electron chi connectivity index (χ1n) is 18.2. The Morgan fingerprint density at radius 2 is 0.951 bits per heavy atom. The zero-order chi connectivity index (χ0) is 30.1. The van der Waals surface area contributed by atoms with Gasteiger partial charge in [-0.15, -0.1) is 0 Å². The summed E-state index contributed by atoms with van der Waals surface area (Å²) in [5, 5.41) is 3.72. The van der Waals surface area contributed by atoms with E-state index in [1.807, 2.05) is 6.92 Å². The van der Waals surface area contributed by atoms with Crippen LogP contribution in [0.15, 0.2) is 12.2 Å². The van der Waals surface area contributed by atoms with Crippen molar-refractivity contribution in [3.63, 3.8) is 0 Å². The fourth-order valence-corrected chi connectivity index (χ4v) is 5.62. The topological polar surface area (TPSA) is 38.3 Å². The number of carbonyl (C=O) groups is 1. The monoisotopic (exact) mass is 594 g/mol. The Labute approximate surface area is 262 Å². The van der Waals surface area contributed by atoms with Crippen LogP contribution in [0.1, 0.15) is 201 Å². The molecule has 0 aromatic heterocycles. The third kappa shape index (κ3) is 33.5. The van der Waals surface area contributed by atoms with Crippen LogP contribution >= 0.6 is 12.2 Å². The van der Waals surface area contributed by atoms with E-state index in [2.05, 4.69) is 31.3 Å². The van der Waals surface area contributed by atoms with Crippen LogP contribution in [-0.4, -0.2) is 23.6 Å². The number of thiocarbonyl (C=S) groups is 1. The number of allylic oxidation sites excluding steroid dienone is 2. The van der Waals surface area contributed by atoms with Crippen LogP contribution in [0.4, 0.5) is 0 Å². The summed E-state index contributed by atoms with van der Waals surface area (Å²) in [4.78, 5) is 12.2. The maximum atomic E-state index is 12.2. The predicted octanol–water partition coefficient (Wildman–Crippen LogP) is 12.4. The summed E-state index contributed by atoms with van der Waals surface area (Å²) < 4.78 is 5.85. The van der Waals surface area contributed by atoms with Crippen molar-refractivity contribution in [2.45, 2.75) is 207 Å². The molecular weight excluding hydrogens is 522 g/mol. The number of hydrogen-bond donors (Lipinski definition) is 1. The number of nitrogens with one attached hydrogen (secondary N) is 1. The van der Waals surface area contributed by atoms with Crippen molar-refractivity contribution in [3.05, 3.63) is 12.2 Å². The molecule has 0 aromatic rings. The van der Waals surface area contributed by atoms with Crippen molar-refractivity contribution in [1.29, 1.82) is 0 Å². The van der Waals surface area contributed by atoms with E-state index < -0.39 is 0 Å². The van der Waals surface area contributed by atoms with E-state index in [0.717, 1.165) is 25.7 Å². The molecule has 0 rings (SSSR count). The Balaban J connectivity index is 3.44. The number of ether oxygens (including phenoxy) is 1. The zero-order valence-electron chi connectivity index (χ0n) is 28.0. The highest BCUT2D eigenvalue weighted by Gasteiger charge is 2.09. The van der Waals surface area contributed by atoms with Crippen LogP contribution in [-0.2, 0) is 9.53 Å². The molecule has 0 aliphatic rings. The van der Waals surface area contributed by atoms with Gasteiger partial charge in [0.2, 0.25) is 5.91 Å². The third-order valence-electron chi connectivity index (χ3n) is 8.07. The summed E-state index contributed by atoms with van der Waals surface area (Å²) in [7, 11) is 0. The molecular formula is C37H71NO2S. The quantitative estimate of drug-likeness (QED) is 0.0479. The van der Waals surface area contributed by atoms with Crippen molar-refractivity contribution in [2.24, 2.45) is 0 Å². The van der Waals surface area contributed by atoms with Crippen molar-refractivity contribution >= 4 is 23.2 Å². The van der Waals surface area contributed by atoms with Gasteiger partial charge in [0.1, 0.15) is 6.10 Å². The van der Waals surface area contributed by atoms with Gasteiger partial charge in [0.05, 0.1) is 6.54 Å². The molecule has 4 heteroatoms. The van der Waals surface area contributed by atoms with Gasteiger partial charge in [-0.1, -0.05) is 154 Å². The molecule has 1 unspecified atom stereocenters. The van der Waals surface area contributed by atoms with E-state index in [-0.39, 0.29) is 12.0 Å². The molecule has 0 aromatic carbocycles. The van der Waals surface area contributed by atoms with Crippen molar-refractivity contribution in [2.75, 3.05) is 6.54 Å². The van der Waals surface area contributed by atoms with E-state index >= 15 is 0 Å². The molecule has 41 heavy (non-hydrogen) atoms. The molecule has 1 amide bonds. The normalized spacial score (nSPS) is 12.2. The van der Waals surface area contributed by atoms with Crippen LogP contribution in [0.2, 0.25) is 0 Å². The Kier molecular flexibility index (Phi) is 32.9. The van der Waals surface area contributed by atoms with E-state index in [1.165, 1.54) is 148 Å². The molecule has 0 saturated carbocycles. The Bertz CT molecular complexity index is 591. The fraction of sp³-hybridized carbons (Fsp3) is 0.892. The van der Waals surface area contributed by atoms with Gasteiger partial charge in [0.15, 0.2) is 5.05 Å². The number of unbranched alkanes of at least 4 members (excludes halogenated alkanes) is 23. The first-order valence-corrected chi connectivity index (χ1v) is 18.6. The lowest BCUT2D eigenvalue weighted by Gasteiger charge is -2.16. The summed E-state index contributed by atoms with van der Waals surface area (Å²) in [6.07, 6.45) is 40.4. The Hall–Kier alpha value is -0.900. The Morgan fingerprint density at radius 1 is 0.585 bits per heavy atom. The first-order chi connectivity index (χ1) is 20.1. The van der Waals surface area contributed by atoms with Gasteiger partial charge in [0.25, 0.3) is 0 Å². The molecule has 1 N–H and O–H groups in total. The fourth-order valence-electron chi connectivity index (χ4n) is 5.31. The molecule has 1 atom stereocenters. The minimum atomic E-state index is -0.0532. The average Bonchev–Trinajstić information content (AvgIpc) is 2.96. The minimum absolute atomic E-state index is 0.0532. The number of hydrogen-bond acceptors (Lipinski definition) is 3. The van der Waals surface area contributed by atoms with Crippen molar-refractivity contribution in [3.8, 4) is 0 Å². The maximum absolute atomic E-state index is 12.2. The number of rotatable bonds is 32. The Morgan fingerprint density at radius 3 is 1.39 bits per heavy atom. The highest BCUT2D eigenvalue weighted by Crippen LogP contribution is 2.14. The summed E-state index contributed by atoms with van der Waals surface area (Å²) >= 11 is 5.43. The maximum Gasteiger partial charge on any atom is 0.220 e. The van der Waals surface area contributed by atoms with Crippen LogP contribution in [0.3, 0.4) is 0 Å². The van der Waals surface area contributed by atoms with Crippen LogP contribution in [0, 0.1) is 0 Å². The first kappa shape index (κ1) is 40.1. The lowest BCUT2D eigenvalue weighted by atomic mass is 10.0. The number of amides is 1. The van der Waals surface area contributed by atoms with Crippen LogP contribution in [0.25, 0.3) is 0 Å². The molecule has 0 saturated heterocycles. The van der Waals surface area contributed by atoms with E-state index in [9.17, 15) is 4.79 Å². The van der Waals surface area contributed by atoms with Gasteiger partial charge in [-0.05, 0) is 57.7 Å². The van der Waals surface area contributed by atoms with Gasteiger partial charge in [-0.25, -0.2) is 0 Å². The smallest absolute Gasteiger partial charge is 0.220 e. The molecule has 0 bridgehead atoms. The van der Waals surface area contributed by atoms with Crippen molar-refractivity contribution in [1.82, 2.24) is 5.32 Å². The van der Waals surface area contributed by atoms with Gasteiger partial charge >= 0.3 is 0 Å². The highest BCUT2D eigenvalue weighted by atomic mass is 32.1. The molecule has 0 heterocycles. The molecule has 0 radical (unpaired) electrons. The largest absolute Gasteiger partial charge is 0.482 e. The second-order valence-corrected chi connectivity index (χ2v) is 12.9. The zero-order valence-corrected chi connectivity index (χ0v) is 28.8. The molecule has 0 spiro atoms. The summed E-state index contributed by atoms with van der Waals surface area (Å²) in [5.74, 6) is 0.139. The lowest BCUT2D eigenvalue weighted by molar-refractivity contribution is -0.121. The summed E-state index contributed by atoms with van der Waals surface area (Å²) in [5.41, 5.74) is 0. The van der Waals surface area contributed by atoms with E-state index in [0.29, 0.717) is 18.0 Å². The second kappa shape index (κ2) is 33.6. The average molecular weight is 594 g/mol. The van der Waals surface area contributed by atoms with Crippen LogP contribution in [0.5, 0.6) is 0 Å². The molecule has 0 fully saturated rings. The molecule has 0 aliphatic heterocycles. The third-order valence-corrected chi connectivity index (χ3v) is 8.37. The van der Waals surface area contributed by atoms with E-state index in [1.54, 1.807) is 0 Å². The summed E-state index contributed by atoms with van der Waals surface area (Å²) in [6.45, 7) is 7.10. The second-order valence-electron chi connectivity index (χ2n) is 12.4. The van der Waals surface area contributed by atoms with Gasteiger partial charge in [-0.3, -0.25) is 4.79 Å². The molecule has 242 valence electrons.